The van der Waals surface area contributed by atoms with Crippen LogP contribution in [0.4, 0.5) is 0 Å². The molecule has 0 fully saturated rings. The van der Waals surface area contributed by atoms with Crippen LogP contribution in [0.3, 0.4) is 0 Å². The van der Waals surface area contributed by atoms with Crippen LogP contribution in [0, 0.1) is 22.7 Å². The molecule has 0 unspecified atom stereocenters. The molecule has 0 aromatic heterocycles. The summed E-state index contributed by atoms with van der Waals surface area (Å²) in [6, 6.07) is 3.36. The Bertz CT molecular complexity index is 539. The van der Waals surface area contributed by atoms with Gasteiger partial charge in [-0.2, -0.15) is 10.5 Å². The minimum atomic E-state index is -0.768. The first kappa shape index (κ1) is 19.8. The third-order valence-corrected chi connectivity index (χ3v) is 2.17. The maximum Gasteiger partial charge on any atom is 0.348 e. The lowest BCUT2D eigenvalue weighted by molar-refractivity contribution is -0.141. The van der Waals surface area contributed by atoms with Crippen molar-refractivity contribution in [3.8, 4) is 12.1 Å². The fourth-order valence-electron chi connectivity index (χ4n) is 1.18. The summed E-state index contributed by atoms with van der Waals surface area (Å²) in [6.45, 7) is 6.79. The lowest BCUT2D eigenvalue weighted by atomic mass is 10.3. The number of nitrogens with zero attached hydrogens (tertiary/aromatic N) is 2. The van der Waals surface area contributed by atoms with E-state index in [-0.39, 0.29) is 37.6 Å². The normalized spacial score (nSPS) is 10.9. The minimum absolute atomic E-state index is 0.0528. The van der Waals surface area contributed by atoms with Crippen LogP contribution < -0.4 is 0 Å². The summed E-state index contributed by atoms with van der Waals surface area (Å²) in [4.78, 5) is 22.8. The molecule has 0 rings (SSSR count). The van der Waals surface area contributed by atoms with Crippen LogP contribution in [0.5, 0.6) is 0 Å². The number of hydrogen-bond donors (Lipinski definition) is 0. The van der Waals surface area contributed by atoms with Crippen molar-refractivity contribution >= 4 is 11.9 Å². The lowest BCUT2D eigenvalue weighted by Crippen LogP contribution is -2.15. The average Bonchev–Trinajstić information content (AvgIpc) is 2.56. The van der Waals surface area contributed by atoms with Crippen LogP contribution in [-0.4, -0.2) is 38.4 Å². The van der Waals surface area contributed by atoms with Crippen molar-refractivity contribution in [2.24, 2.45) is 0 Å². The van der Waals surface area contributed by atoms with Crippen LogP contribution in [0.2, 0.25) is 0 Å². The van der Waals surface area contributed by atoms with Crippen LogP contribution in [0.1, 0.15) is 0 Å². The van der Waals surface area contributed by atoms with E-state index in [1.54, 1.807) is 12.1 Å². The minimum Gasteiger partial charge on any atom is -0.459 e. The number of hydrogen-bond acceptors (Lipinski definition) is 7. The van der Waals surface area contributed by atoms with Crippen LogP contribution in [0.25, 0.3) is 0 Å². The molecule has 7 heteroatoms. The first-order valence-corrected chi connectivity index (χ1v) is 6.48. The van der Waals surface area contributed by atoms with Gasteiger partial charge < -0.3 is 14.2 Å². The van der Waals surface area contributed by atoms with Gasteiger partial charge in [-0.1, -0.05) is 25.3 Å². The van der Waals surface area contributed by atoms with Crippen molar-refractivity contribution < 1.29 is 23.8 Å². The molecular formula is C16H16N2O5. The SMILES string of the molecule is C=CC=C(C#N)C(=O)OCCOCCOC(=O)C(C#N)=CC=C. The van der Waals surface area contributed by atoms with E-state index in [0.717, 1.165) is 0 Å². The summed E-state index contributed by atoms with van der Waals surface area (Å²) in [5.74, 6) is -1.54. The molecule has 0 heterocycles. The Morgan fingerprint density at radius 1 is 0.826 bits per heavy atom. The van der Waals surface area contributed by atoms with Crippen molar-refractivity contribution in [1.29, 1.82) is 10.5 Å². The molecule has 0 aliphatic rings. The number of rotatable bonds is 10. The molecule has 7 nitrogen and oxygen atoms in total. The van der Waals surface area contributed by atoms with Crippen molar-refractivity contribution in [2.75, 3.05) is 26.4 Å². The summed E-state index contributed by atoms with van der Waals surface area (Å²) in [7, 11) is 0. The van der Waals surface area contributed by atoms with Gasteiger partial charge in [-0.3, -0.25) is 0 Å². The molecule has 0 aromatic carbocycles. The highest BCUT2D eigenvalue weighted by Gasteiger charge is 2.10. The van der Waals surface area contributed by atoms with E-state index in [2.05, 4.69) is 13.2 Å². The van der Waals surface area contributed by atoms with E-state index in [0.29, 0.717) is 0 Å². The third-order valence-electron chi connectivity index (χ3n) is 2.17. The summed E-state index contributed by atoms with van der Waals surface area (Å²) in [5.41, 5.74) is -0.320. The van der Waals surface area contributed by atoms with Gasteiger partial charge in [0, 0.05) is 0 Å². The largest absolute Gasteiger partial charge is 0.459 e. The number of carbonyl (C=O) groups excluding carboxylic acids is 2. The quantitative estimate of drug-likeness (QED) is 0.197. The highest BCUT2D eigenvalue weighted by Crippen LogP contribution is 1.98. The molecular weight excluding hydrogens is 300 g/mol. The lowest BCUT2D eigenvalue weighted by Gasteiger charge is -2.06. The second-order valence-corrected chi connectivity index (χ2v) is 3.74. The predicted octanol–water partition coefficient (Wildman–Crippen LogP) is 1.36. The highest BCUT2D eigenvalue weighted by atomic mass is 16.6. The van der Waals surface area contributed by atoms with Crippen molar-refractivity contribution in [2.45, 2.75) is 0 Å². The molecule has 120 valence electrons. The molecule has 0 amide bonds. The first-order chi connectivity index (χ1) is 11.1. The van der Waals surface area contributed by atoms with E-state index in [4.69, 9.17) is 24.7 Å². The number of nitriles is 2. The average molecular weight is 316 g/mol. The van der Waals surface area contributed by atoms with Gasteiger partial charge in [0.15, 0.2) is 0 Å². The topological polar surface area (TPSA) is 109 Å². The van der Waals surface area contributed by atoms with E-state index in [9.17, 15) is 9.59 Å². The molecule has 0 bridgehead atoms. The maximum absolute atomic E-state index is 11.4. The summed E-state index contributed by atoms with van der Waals surface area (Å²) < 4.78 is 14.7. The number of esters is 2. The van der Waals surface area contributed by atoms with E-state index in [1.807, 2.05) is 0 Å². The zero-order chi connectivity index (χ0) is 17.5. The molecule has 0 aliphatic carbocycles. The van der Waals surface area contributed by atoms with Gasteiger partial charge in [0.2, 0.25) is 0 Å². The third kappa shape index (κ3) is 8.66. The summed E-state index contributed by atoms with van der Waals surface area (Å²) in [5, 5.41) is 17.4. The second kappa shape index (κ2) is 12.6. The fraction of sp³-hybridized carbons (Fsp3) is 0.250. The van der Waals surface area contributed by atoms with E-state index >= 15 is 0 Å². The first-order valence-electron chi connectivity index (χ1n) is 6.48. The van der Waals surface area contributed by atoms with Crippen molar-refractivity contribution in [3.63, 3.8) is 0 Å². The Morgan fingerprint density at radius 2 is 1.22 bits per heavy atom. The van der Waals surface area contributed by atoms with Crippen LogP contribution in [-0.2, 0) is 23.8 Å². The molecule has 0 aromatic rings. The Morgan fingerprint density at radius 3 is 1.52 bits per heavy atom. The standard InChI is InChI=1S/C16H16N2O5/c1-3-5-13(11-17)15(19)22-9-7-21-8-10-23-16(20)14(12-18)6-4-2/h3-6H,1-2,7-10H2. The molecule has 0 atom stereocenters. The van der Waals surface area contributed by atoms with Gasteiger partial charge in [-0.25, -0.2) is 9.59 Å². The Balaban J connectivity index is 3.88. The molecule has 0 saturated heterocycles. The zero-order valence-corrected chi connectivity index (χ0v) is 12.5. The molecule has 0 N–H and O–H groups in total. The second-order valence-electron chi connectivity index (χ2n) is 3.74. The van der Waals surface area contributed by atoms with Gasteiger partial charge in [0.05, 0.1) is 13.2 Å². The zero-order valence-electron chi connectivity index (χ0n) is 12.5. The summed E-state index contributed by atoms with van der Waals surface area (Å²) in [6.07, 6.45) is 5.10. The molecule has 0 spiro atoms. The predicted molar refractivity (Wildman–Crippen MR) is 80.5 cm³/mol. The van der Waals surface area contributed by atoms with Gasteiger partial charge >= 0.3 is 11.9 Å². The van der Waals surface area contributed by atoms with Gasteiger partial charge in [0.25, 0.3) is 0 Å². The molecule has 0 saturated carbocycles. The van der Waals surface area contributed by atoms with Crippen LogP contribution >= 0.6 is 0 Å². The Hall–Kier alpha value is -3.16. The van der Waals surface area contributed by atoms with Gasteiger partial charge in [-0.15, -0.1) is 0 Å². The fourth-order valence-corrected chi connectivity index (χ4v) is 1.18. The molecule has 23 heavy (non-hydrogen) atoms. The van der Waals surface area contributed by atoms with E-state index < -0.39 is 11.9 Å². The Kier molecular flexibility index (Phi) is 10.8. The van der Waals surface area contributed by atoms with Gasteiger partial charge in [-0.05, 0) is 12.2 Å². The van der Waals surface area contributed by atoms with Crippen molar-refractivity contribution in [3.05, 3.63) is 48.6 Å². The highest BCUT2D eigenvalue weighted by molar-refractivity contribution is 5.93. The summed E-state index contributed by atoms with van der Waals surface area (Å²) >= 11 is 0. The maximum atomic E-state index is 11.4. The monoisotopic (exact) mass is 316 g/mol. The number of allylic oxidation sites excluding steroid dienone is 4. The smallest absolute Gasteiger partial charge is 0.348 e. The number of carbonyl (C=O) groups is 2. The van der Waals surface area contributed by atoms with Gasteiger partial charge in [0.1, 0.15) is 36.5 Å². The van der Waals surface area contributed by atoms with E-state index in [1.165, 1.54) is 24.3 Å². The molecule has 0 radical (unpaired) electrons. The molecule has 0 aliphatic heterocycles. The number of ether oxygens (including phenoxy) is 3. The van der Waals surface area contributed by atoms with Crippen LogP contribution in [0.15, 0.2) is 48.6 Å². The Labute approximate surface area is 134 Å². The van der Waals surface area contributed by atoms with Crippen molar-refractivity contribution in [1.82, 2.24) is 0 Å².